The molecule has 1 aromatic rings. The first kappa shape index (κ1) is 18.9. The van der Waals surface area contributed by atoms with Crippen LogP contribution in [0.3, 0.4) is 0 Å². The van der Waals surface area contributed by atoms with Crippen LogP contribution >= 0.6 is 12.4 Å². The lowest BCUT2D eigenvalue weighted by atomic mass is 10.00. The molecule has 1 saturated heterocycles. The van der Waals surface area contributed by atoms with E-state index in [2.05, 4.69) is 5.32 Å². The summed E-state index contributed by atoms with van der Waals surface area (Å²) in [5, 5.41) is 12.1. The van der Waals surface area contributed by atoms with Gasteiger partial charge in [0.05, 0.1) is 16.5 Å². The zero-order valence-electron chi connectivity index (χ0n) is 12.9. The van der Waals surface area contributed by atoms with Gasteiger partial charge in [-0.3, -0.25) is 0 Å². The number of aryl methyl sites for hydroxylation is 1. The standard InChI is InChI=1S/C15H21N3O2S.ClH/c1-12-5-6-13(9-16)8-15(12)21(19,20)18-7-3-4-14(11-18)10-17-2;/h5-6,8,14,17H,3-4,7,10-11H2,1-2H3;1H. The molecule has 1 aliphatic heterocycles. The van der Waals surface area contributed by atoms with Crippen molar-refractivity contribution in [2.24, 2.45) is 5.92 Å². The molecule has 0 radical (unpaired) electrons. The Morgan fingerprint density at radius 3 is 2.82 bits per heavy atom. The van der Waals surface area contributed by atoms with Crippen molar-refractivity contribution in [2.45, 2.75) is 24.7 Å². The van der Waals surface area contributed by atoms with Crippen molar-refractivity contribution < 1.29 is 8.42 Å². The Labute approximate surface area is 138 Å². The lowest BCUT2D eigenvalue weighted by molar-refractivity contribution is 0.263. The molecule has 1 fully saturated rings. The monoisotopic (exact) mass is 343 g/mol. The summed E-state index contributed by atoms with van der Waals surface area (Å²) in [4.78, 5) is 0.256. The van der Waals surface area contributed by atoms with Gasteiger partial charge in [-0.1, -0.05) is 6.07 Å². The summed E-state index contributed by atoms with van der Waals surface area (Å²) in [6, 6.07) is 6.83. The first-order valence-corrected chi connectivity index (χ1v) is 8.58. The number of nitrogens with one attached hydrogen (secondary N) is 1. The average Bonchev–Trinajstić information content (AvgIpc) is 2.48. The summed E-state index contributed by atoms with van der Waals surface area (Å²) in [6.07, 6.45) is 1.92. The fraction of sp³-hybridized carbons (Fsp3) is 0.533. The number of piperidine rings is 1. The van der Waals surface area contributed by atoms with E-state index in [0.717, 1.165) is 19.4 Å². The van der Waals surface area contributed by atoms with E-state index in [1.54, 1.807) is 23.4 Å². The van der Waals surface area contributed by atoms with Gasteiger partial charge in [-0.25, -0.2) is 8.42 Å². The predicted octanol–water partition coefficient (Wildman–Crippen LogP) is 1.91. The third-order valence-corrected chi connectivity index (χ3v) is 5.92. The largest absolute Gasteiger partial charge is 0.319 e. The number of hydrogen-bond donors (Lipinski definition) is 1. The molecular weight excluding hydrogens is 322 g/mol. The van der Waals surface area contributed by atoms with Crippen molar-refractivity contribution in [3.05, 3.63) is 29.3 Å². The molecule has 0 aliphatic carbocycles. The smallest absolute Gasteiger partial charge is 0.243 e. The molecule has 1 N–H and O–H groups in total. The van der Waals surface area contributed by atoms with Crippen molar-refractivity contribution in [2.75, 3.05) is 26.7 Å². The molecule has 0 amide bonds. The van der Waals surface area contributed by atoms with E-state index in [1.807, 2.05) is 13.1 Å². The van der Waals surface area contributed by atoms with Gasteiger partial charge in [-0.15, -0.1) is 12.4 Å². The van der Waals surface area contributed by atoms with Gasteiger partial charge < -0.3 is 5.32 Å². The highest BCUT2D eigenvalue weighted by Gasteiger charge is 2.31. The second-order valence-corrected chi connectivity index (χ2v) is 7.43. The van der Waals surface area contributed by atoms with E-state index < -0.39 is 10.0 Å². The number of hydrogen-bond acceptors (Lipinski definition) is 4. The van der Waals surface area contributed by atoms with Gasteiger partial charge >= 0.3 is 0 Å². The summed E-state index contributed by atoms with van der Waals surface area (Å²) in [5.74, 6) is 0.345. The van der Waals surface area contributed by atoms with E-state index in [9.17, 15) is 8.42 Å². The van der Waals surface area contributed by atoms with Crippen LogP contribution in [0, 0.1) is 24.2 Å². The quantitative estimate of drug-likeness (QED) is 0.906. The number of benzene rings is 1. The Morgan fingerprint density at radius 1 is 1.45 bits per heavy atom. The molecule has 1 aromatic carbocycles. The number of halogens is 1. The van der Waals surface area contributed by atoms with Crippen LogP contribution in [0.15, 0.2) is 23.1 Å². The van der Waals surface area contributed by atoms with Crippen molar-refractivity contribution >= 4 is 22.4 Å². The van der Waals surface area contributed by atoms with Crippen LogP contribution in [0.2, 0.25) is 0 Å². The Balaban J connectivity index is 0.00000242. The Bertz CT molecular complexity index is 653. The van der Waals surface area contributed by atoms with E-state index in [0.29, 0.717) is 30.1 Å². The molecular formula is C15H22ClN3O2S. The molecule has 1 atom stereocenters. The maximum Gasteiger partial charge on any atom is 0.243 e. The topological polar surface area (TPSA) is 73.2 Å². The second-order valence-electron chi connectivity index (χ2n) is 5.52. The fourth-order valence-corrected chi connectivity index (χ4v) is 4.59. The second kappa shape index (κ2) is 7.93. The van der Waals surface area contributed by atoms with Crippen molar-refractivity contribution in [3.8, 4) is 6.07 Å². The Hall–Kier alpha value is -1.13. The van der Waals surface area contributed by atoms with Crippen LogP contribution in [0.5, 0.6) is 0 Å². The van der Waals surface area contributed by atoms with Gasteiger partial charge in [0.15, 0.2) is 0 Å². The number of nitriles is 1. The predicted molar refractivity (Wildman–Crippen MR) is 88.6 cm³/mol. The van der Waals surface area contributed by atoms with E-state index in [-0.39, 0.29) is 17.3 Å². The number of rotatable bonds is 4. The molecule has 1 aliphatic rings. The first-order valence-electron chi connectivity index (χ1n) is 7.14. The van der Waals surface area contributed by atoms with Gasteiger partial charge in [0, 0.05) is 13.1 Å². The summed E-state index contributed by atoms with van der Waals surface area (Å²) in [5.41, 5.74) is 1.06. The highest BCUT2D eigenvalue weighted by atomic mass is 35.5. The van der Waals surface area contributed by atoms with Crippen LogP contribution in [0.4, 0.5) is 0 Å². The number of nitrogens with zero attached hydrogens (tertiary/aromatic N) is 2. The lowest BCUT2D eigenvalue weighted by Crippen LogP contribution is -2.42. The Morgan fingerprint density at radius 2 is 2.18 bits per heavy atom. The summed E-state index contributed by atoms with van der Waals surface area (Å²) >= 11 is 0. The highest BCUT2D eigenvalue weighted by molar-refractivity contribution is 7.89. The van der Waals surface area contributed by atoms with Crippen molar-refractivity contribution in [1.29, 1.82) is 5.26 Å². The van der Waals surface area contributed by atoms with E-state index in [4.69, 9.17) is 5.26 Å². The zero-order chi connectivity index (χ0) is 15.5. The van der Waals surface area contributed by atoms with E-state index in [1.165, 1.54) is 6.07 Å². The maximum absolute atomic E-state index is 12.8. The summed E-state index contributed by atoms with van der Waals surface area (Å²) in [6.45, 7) is 3.68. The van der Waals surface area contributed by atoms with Crippen LogP contribution in [-0.4, -0.2) is 39.4 Å². The molecule has 5 nitrogen and oxygen atoms in total. The van der Waals surface area contributed by atoms with Gasteiger partial charge in [0.2, 0.25) is 10.0 Å². The van der Waals surface area contributed by atoms with Gasteiger partial charge in [-0.05, 0) is 57.0 Å². The van der Waals surface area contributed by atoms with Gasteiger partial charge in [-0.2, -0.15) is 9.57 Å². The minimum Gasteiger partial charge on any atom is -0.319 e. The third-order valence-electron chi connectivity index (χ3n) is 3.91. The molecule has 22 heavy (non-hydrogen) atoms. The third kappa shape index (κ3) is 3.99. The van der Waals surface area contributed by atoms with Crippen LogP contribution in [-0.2, 0) is 10.0 Å². The molecule has 0 saturated carbocycles. The fourth-order valence-electron chi connectivity index (χ4n) is 2.79. The van der Waals surface area contributed by atoms with Crippen molar-refractivity contribution in [3.63, 3.8) is 0 Å². The average molecular weight is 344 g/mol. The normalized spacial score (nSPS) is 19.2. The molecule has 0 aromatic heterocycles. The van der Waals surface area contributed by atoms with Crippen LogP contribution in [0.1, 0.15) is 24.0 Å². The van der Waals surface area contributed by atoms with Crippen LogP contribution in [0.25, 0.3) is 0 Å². The molecule has 1 heterocycles. The maximum atomic E-state index is 12.8. The SMILES string of the molecule is CNCC1CCCN(S(=O)(=O)c2cc(C#N)ccc2C)C1.Cl. The minimum absolute atomic E-state index is 0. The molecule has 1 unspecified atom stereocenters. The molecule has 0 bridgehead atoms. The summed E-state index contributed by atoms with van der Waals surface area (Å²) < 4.78 is 27.2. The molecule has 0 spiro atoms. The minimum atomic E-state index is -3.52. The zero-order valence-corrected chi connectivity index (χ0v) is 14.5. The number of sulfonamides is 1. The molecule has 2 rings (SSSR count). The molecule has 122 valence electrons. The molecule has 7 heteroatoms. The van der Waals surface area contributed by atoms with Gasteiger partial charge in [0.1, 0.15) is 0 Å². The first-order chi connectivity index (χ1) is 9.98. The van der Waals surface area contributed by atoms with Crippen LogP contribution < -0.4 is 5.32 Å². The Kier molecular flexibility index (Phi) is 6.82. The summed E-state index contributed by atoms with van der Waals surface area (Å²) in [7, 11) is -1.64. The van der Waals surface area contributed by atoms with Crippen molar-refractivity contribution in [1.82, 2.24) is 9.62 Å². The lowest BCUT2D eigenvalue weighted by Gasteiger charge is -2.32. The van der Waals surface area contributed by atoms with Gasteiger partial charge in [0.25, 0.3) is 0 Å². The van der Waals surface area contributed by atoms with E-state index >= 15 is 0 Å². The highest BCUT2D eigenvalue weighted by Crippen LogP contribution is 2.26.